The summed E-state index contributed by atoms with van der Waals surface area (Å²) < 4.78 is 5.21. The van der Waals surface area contributed by atoms with E-state index < -0.39 is 23.4 Å². The van der Waals surface area contributed by atoms with Gasteiger partial charge < -0.3 is 10.1 Å². The molecule has 0 bridgehead atoms. The number of hydrazine groups is 1. The van der Waals surface area contributed by atoms with Gasteiger partial charge in [-0.15, -0.1) is 0 Å². The summed E-state index contributed by atoms with van der Waals surface area (Å²) in [6, 6.07) is 16.7. The Labute approximate surface area is 182 Å². The third-order valence-corrected chi connectivity index (χ3v) is 5.25. The van der Waals surface area contributed by atoms with Crippen molar-refractivity contribution in [3.05, 3.63) is 65.7 Å². The lowest BCUT2D eigenvalue weighted by Crippen LogP contribution is -2.51. The van der Waals surface area contributed by atoms with Crippen LogP contribution >= 0.6 is 0 Å². The van der Waals surface area contributed by atoms with Gasteiger partial charge >= 0.3 is 6.03 Å². The normalized spacial score (nSPS) is 18.3. The van der Waals surface area contributed by atoms with Crippen molar-refractivity contribution >= 4 is 17.8 Å². The monoisotopic (exact) mass is 424 g/mol. The second-order valence-electron chi connectivity index (χ2n) is 7.95. The van der Waals surface area contributed by atoms with Crippen LogP contribution < -0.4 is 15.5 Å². The second-order valence-corrected chi connectivity index (χ2v) is 7.95. The van der Waals surface area contributed by atoms with Gasteiger partial charge in [0.15, 0.2) is 0 Å². The maximum Gasteiger partial charge on any atom is 0.344 e. The lowest BCUT2D eigenvalue weighted by Gasteiger charge is -2.22. The largest absolute Gasteiger partial charge is 0.497 e. The van der Waals surface area contributed by atoms with Crippen LogP contribution in [0, 0.1) is 0 Å². The topological polar surface area (TPSA) is 91.0 Å². The summed E-state index contributed by atoms with van der Waals surface area (Å²) in [4.78, 5) is 39.4. The number of benzene rings is 2. The Morgan fingerprint density at radius 3 is 2.55 bits per heavy atom. The molecule has 2 N–H and O–H groups in total. The van der Waals surface area contributed by atoms with E-state index in [2.05, 4.69) is 10.7 Å². The van der Waals surface area contributed by atoms with E-state index in [0.717, 1.165) is 21.9 Å². The highest BCUT2D eigenvalue weighted by molar-refractivity contribution is 6.07. The van der Waals surface area contributed by atoms with E-state index >= 15 is 0 Å². The number of ether oxygens (including phenoxy) is 1. The van der Waals surface area contributed by atoms with E-state index in [1.54, 1.807) is 26.0 Å². The number of urea groups is 1. The lowest BCUT2D eigenvalue weighted by atomic mass is 9.93. The summed E-state index contributed by atoms with van der Waals surface area (Å²) in [6.45, 7) is 2.21. The lowest BCUT2D eigenvalue weighted by molar-refractivity contribution is -0.139. The zero-order valence-corrected chi connectivity index (χ0v) is 18.1. The molecule has 1 aliphatic heterocycles. The van der Waals surface area contributed by atoms with Crippen LogP contribution in [-0.4, -0.2) is 54.0 Å². The molecule has 1 fully saturated rings. The molecular weight excluding hydrogens is 396 g/mol. The van der Waals surface area contributed by atoms with Crippen LogP contribution in [0.3, 0.4) is 0 Å². The SMILES string of the molecule is COc1cccc(CN(C)CC(=O)NN2C(=O)N[C@@](C)(CCc3ccccc3)C2=O)c1. The van der Waals surface area contributed by atoms with E-state index in [0.29, 0.717) is 19.4 Å². The summed E-state index contributed by atoms with van der Waals surface area (Å²) in [7, 11) is 3.39. The van der Waals surface area contributed by atoms with Crippen molar-refractivity contribution in [2.75, 3.05) is 20.7 Å². The molecule has 0 aliphatic carbocycles. The van der Waals surface area contributed by atoms with Gasteiger partial charge in [-0.1, -0.05) is 42.5 Å². The summed E-state index contributed by atoms with van der Waals surface area (Å²) in [5.41, 5.74) is 3.44. The van der Waals surface area contributed by atoms with Crippen LogP contribution in [0.4, 0.5) is 4.79 Å². The van der Waals surface area contributed by atoms with Crippen molar-refractivity contribution in [3.63, 3.8) is 0 Å². The number of aryl methyl sites for hydroxylation is 1. The van der Waals surface area contributed by atoms with Crippen LogP contribution in [0.1, 0.15) is 24.5 Å². The average molecular weight is 425 g/mol. The van der Waals surface area contributed by atoms with E-state index in [9.17, 15) is 14.4 Å². The van der Waals surface area contributed by atoms with Gasteiger partial charge in [-0.2, -0.15) is 5.01 Å². The van der Waals surface area contributed by atoms with Crippen molar-refractivity contribution in [2.24, 2.45) is 0 Å². The van der Waals surface area contributed by atoms with Gasteiger partial charge in [0.2, 0.25) is 0 Å². The molecule has 0 saturated carbocycles. The van der Waals surface area contributed by atoms with Crippen LogP contribution in [0.15, 0.2) is 54.6 Å². The minimum Gasteiger partial charge on any atom is -0.497 e. The van der Waals surface area contributed by atoms with Gasteiger partial charge in [-0.05, 0) is 50.1 Å². The van der Waals surface area contributed by atoms with Crippen LogP contribution in [0.25, 0.3) is 0 Å². The fourth-order valence-corrected chi connectivity index (χ4v) is 3.54. The molecular formula is C23H28N4O4. The molecule has 8 heteroatoms. The molecule has 0 aromatic heterocycles. The number of carbonyl (C=O) groups is 3. The molecule has 0 radical (unpaired) electrons. The zero-order valence-electron chi connectivity index (χ0n) is 18.1. The maximum absolute atomic E-state index is 12.8. The Bertz CT molecular complexity index is 950. The van der Waals surface area contributed by atoms with Crippen LogP contribution in [0.2, 0.25) is 0 Å². The Kier molecular flexibility index (Phi) is 6.91. The van der Waals surface area contributed by atoms with Crippen LogP contribution in [-0.2, 0) is 22.6 Å². The quantitative estimate of drug-likeness (QED) is 0.602. The number of likely N-dealkylation sites (N-methyl/N-ethyl adjacent to an activating group) is 1. The van der Waals surface area contributed by atoms with Crippen molar-refractivity contribution in [3.8, 4) is 5.75 Å². The molecule has 1 saturated heterocycles. The number of amides is 4. The third kappa shape index (κ3) is 5.61. The van der Waals surface area contributed by atoms with Crippen LogP contribution in [0.5, 0.6) is 5.75 Å². The van der Waals surface area contributed by atoms with Gasteiger partial charge in [0.25, 0.3) is 11.8 Å². The number of rotatable bonds is 9. The Morgan fingerprint density at radius 1 is 1.13 bits per heavy atom. The minimum absolute atomic E-state index is 0.0228. The van der Waals surface area contributed by atoms with Crippen molar-refractivity contribution in [1.82, 2.24) is 20.7 Å². The smallest absolute Gasteiger partial charge is 0.344 e. The van der Waals surface area contributed by atoms with E-state index in [4.69, 9.17) is 4.74 Å². The number of hydrogen-bond acceptors (Lipinski definition) is 5. The zero-order chi connectivity index (χ0) is 22.4. The summed E-state index contributed by atoms with van der Waals surface area (Å²) in [6.07, 6.45) is 1.07. The molecule has 164 valence electrons. The molecule has 1 atom stereocenters. The van der Waals surface area contributed by atoms with E-state index in [1.165, 1.54) is 0 Å². The number of nitrogens with zero attached hydrogens (tertiary/aromatic N) is 2. The highest BCUT2D eigenvalue weighted by Crippen LogP contribution is 2.22. The average Bonchev–Trinajstić information content (AvgIpc) is 2.96. The first-order chi connectivity index (χ1) is 14.8. The molecule has 31 heavy (non-hydrogen) atoms. The molecule has 0 spiro atoms. The summed E-state index contributed by atoms with van der Waals surface area (Å²) in [5.74, 6) is -0.164. The third-order valence-electron chi connectivity index (χ3n) is 5.25. The number of carbonyl (C=O) groups excluding carboxylic acids is 3. The molecule has 2 aromatic rings. The summed E-state index contributed by atoms with van der Waals surface area (Å²) >= 11 is 0. The van der Waals surface area contributed by atoms with Gasteiger partial charge in [-0.25, -0.2) is 4.79 Å². The van der Waals surface area contributed by atoms with Crippen molar-refractivity contribution < 1.29 is 19.1 Å². The molecule has 3 rings (SSSR count). The number of nitrogens with one attached hydrogen (secondary N) is 2. The number of imide groups is 1. The standard InChI is InChI=1S/C23H28N4O4/c1-23(13-12-17-8-5-4-6-9-17)21(29)27(22(30)24-23)25-20(28)16-26(2)15-18-10-7-11-19(14-18)31-3/h4-11,14H,12-13,15-16H2,1-3H3,(H,24,30)(H,25,28)/t23-/m0/s1. The molecule has 8 nitrogen and oxygen atoms in total. The van der Waals surface area contributed by atoms with E-state index in [-0.39, 0.29) is 6.54 Å². The molecule has 4 amide bonds. The summed E-state index contributed by atoms with van der Waals surface area (Å²) in [5, 5.41) is 3.49. The Hall–Kier alpha value is -3.39. The second kappa shape index (κ2) is 9.61. The molecule has 1 heterocycles. The fraction of sp³-hybridized carbons (Fsp3) is 0.348. The fourth-order valence-electron chi connectivity index (χ4n) is 3.54. The molecule has 0 unspecified atom stereocenters. The molecule has 2 aromatic carbocycles. The minimum atomic E-state index is -1.06. The first-order valence-electron chi connectivity index (χ1n) is 10.1. The molecule has 1 aliphatic rings. The highest BCUT2D eigenvalue weighted by Gasteiger charge is 2.48. The predicted molar refractivity (Wildman–Crippen MR) is 116 cm³/mol. The maximum atomic E-state index is 12.8. The first-order valence-corrected chi connectivity index (χ1v) is 10.1. The highest BCUT2D eigenvalue weighted by atomic mass is 16.5. The van der Waals surface area contributed by atoms with Crippen molar-refractivity contribution in [2.45, 2.75) is 31.8 Å². The Balaban J connectivity index is 1.54. The van der Waals surface area contributed by atoms with Gasteiger partial charge in [0.1, 0.15) is 11.3 Å². The predicted octanol–water partition coefficient (Wildman–Crippen LogP) is 2.10. The van der Waals surface area contributed by atoms with Gasteiger partial charge in [0, 0.05) is 6.54 Å². The van der Waals surface area contributed by atoms with E-state index in [1.807, 2.05) is 54.6 Å². The number of hydrogen-bond donors (Lipinski definition) is 2. The van der Waals surface area contributed by atoms with Crippen molar-refractivity contribution in [1.29, 1.82) is 0 Å². The Morgan fingerprint density at radius 2 is 1.84 bits per heavy atom. The number of methoxy groups -OCH3 is 1. The van der Waals surface area contributed by atoms with Gasteiger partial charge in [-0.3, -0.25) is 19.9 Å². The first kappa shape index (κ1) is 22.3. The van der Waals surface area contributed by atoms with Gasteiger partial charge in [0.05, 0.1) is 13.7 Å².